The van der Waals surface area contributed by atoms with E-state index in [2.05, 4.69) is 54.7 Å². The summed E-state index contributed by atoms with van der Waals surface area (Å²) in [6.07, 6.45) is 5.44. The number of hydrogen-bond acceptors (Lipinski definition) is 5. The molecule has 1 aliphatic rings. The van der Waals surface area contributed by atoms with Gasteiger partial charge in [-0.25, -0.2) is 8.42 Å². The zero-order valence-electron chi connectivity index (χ0n) is 16.3. The Morgan fingerprint density at radius 3 is 2.97 bits per heavy atom. The summed E-state index contributed by atoms with van der Waals surface area (Å²) in [5.41, 5.74) is 4.16. The fraction of sp³-hybridized carbons (Fsp3) is 0.227. The molecule has 1 fully saturated rings. The molecule has 0 bridgehead atoms. The molecule has 4 aromatic rings. The normalized spacial score (nSPS) is 17.5. The first-order chi connectivity index (χ1) is 14.6. The van der Waals surface area contributed by atoms with Crippen LogP contribution in [0.25, 0.3) is 10.9 Å². The van der Waals surface area contributed by atoms with Crippen LogP contribution in [0.1, 0.15) is 23.5 Å². The molecule has 1 atom stereocenters. The Hall–Kier alpha value is -3.10. The van der Waals surface area contributed by atoms with Crippen molar-refractivity contribution in [3.05, 3.63) is 78.3 Å². The maximum atomic E-state index is 12.4. The van der Waals surface area contributed by atoms with Gasteiger partial charge in [-0.3, -0.25) is 9.62 Å². The Balaban J connectivity index is 1.28. The van der Waals surface area contributed by atoms with Gasteiger partial charge in [0.2, 0.25) is 0 Å². The molecule has 2 N–H and O–H groups in total. The maximum absolute atomic E-state index is 12.4. The monoisotopic (exact) mass is 422 g/mol. The lowest BCUT2D eigenvalue weighted by atomic mass is 9.98. The van der Waals surface area contributed by atoms with Gasteiger partial charge in [-0.15, -0.1) is 0 Å². The maximum Gasteiger partial charge on any atom is 0.266 e. The van der Waals surface area contributed by atoms with Gasteiger partial charge in [0.05, 0.1) is 6.20 Å². The first-order valence-electron chi connectivity index (χ1n) is 9.88. The summed E-state index contributed by atoms with van der Waals surface area (Å²) in [6, 6.07) is 16.0. The molecule has 1 aliphatic heterocycles. The average molecular weight is 423 g/mol. The van der Waals surface area contributed by atoms with Crippen molar-refractivity contribution in [3.8, 4) is 0 Å². The smallest absolute Gasteiger partial charge is 0.266 e. The van der Waals surface area contributed by atoms with Crippen LogP contribution in [0.5, 0.6) is 0 Å². The van der Waals surface area contributed by atoms with Crippen molar-refractivity contribution in [3.63, 3.8) is 0 Å². The van der Waals surface area contributed by atoms with Crippen LogP contribution in [0.3, 0.4) is 0 Å². The van der Waals surface area contributed by atoms with Crippen LogP contribution in [0.15, 0.2) is 76.6 Å². The van der Waals surface area contributed by atoms with Crippen LogP contribution in [0.2, 0.25) is 0 Å². The molecule has 0 amide bonds. The third-order valence-corrected chi connectivity index (χ3v) is 7.00. The first kappa shape index (κ1) is 18.9. The van der Waals surface area contributed by atoms with E-state index in [0.29, 0.717) is 11.6 Å². The van der Waals surface area contributed by atoms with Crippen molar-refractivity contribution in [2.24, 2.45) is 0 Å². The second-order valence-electron chi connectivity index (χ2n) is 7.67. The quantitative estimate of drug-likeness (QED) is 0.491. The van der Waals surface area contributed by atoms with Crippen molar-refractivity contribution in [2.75, 3.05) is 17.8 Å². The summed E-state index contributed by atoms with van der Waals surface area (Å²) < 4.78 is 32.1. The van der Waals surface area contributed by atoms with Gasteiger partial charge in [-0.1, -0.05) is 35.5 Å². The van der Waals surface area contributed by atoms with E-state index in [0.717, 1.165) is 43.4 Å². The van der Waals surface area contributed by atoms with Gasteiger partial charge in [0.1, 0.15) is 11.2 Å². The van der Waals surface area contributed by atoms with Gasteiger partial charge in [0, 0.05) is 35.9 Å². The summed E-state index contributed by atoms with van der Waals surface area (Å²) in [4.78, 5) is 5.81. The third-order valence-electron chi connectivity index (χ3n) is 5.67. The van der Waals surface area contributed by atoms with Crippen molar-refractivity contribution in [1.82, 2.24) is 15.0 Å². The molecular formula is C22H22N4O3S. The van der Waals surface area contributed by atoms with E-state index in [1.54, 1.807) is 6.07 Å². The largest absolute Gasteiger partial charge is 0.363 e. The van der Waals surface area contributed by atoms with Crippen molar-refractivity contribution in [2.45, 2.75) is 23.8 Å². The SMILES string of the molecule is O=S(=O)(Nc1cccc(C2CCN(Cc3c[nH]c4ccccc34)C2)c1)c1cnoc1. The van der Waals surface area contributed by atoms with Crippen LogP contribution < -0.4 is 4.72 Å². The van der Waals surface area contributed by atoms with Gasteiger partial charge >= 0.3 is 0 Å². The van der Waals surface area contributed by atoms with E-state index in [4.69, 9.17) is 0 Å². The number of aromatic amines is 1. The molecule has 0 spiro atoms. The molecule has 30 heavy (non-hydrogen) atoms. The topological polar surface area (TPSA) is 91.2 Å². The molecule has 0 radical (unpaired) electrons. The summed E-state index contributed by atoms with van der Waals surface area (Å²) in [5, 5.41) is 4.74. The molecule has 1 unspecified atom stereocenters. The van der Waals surface area contributed by atoms with Gasteiger partial charge in [-0.2, -0.15) is 0 Å². The van der Waals surface area contributed by atoms with E-state index in [9.17, 15) is 8.42 Å². The first-order valence-corrected chi connectivity index (χ1v) is 11.4. The summed E-state index contributed by atoms with van der Waals surface area (Å²) in [7, 11) is -3.70. The van der Waals surface area contributed by atoms with Crippen LogP contribution in [-0.2, 0) is 16.6 Å². The van der Waals surface area contributed by atoms with E-state index in [1.165, 1.54) is 17.1 Å². The average Bonchev–Trinajstić information content (AvgIpc) is 3.50. The molecular weight excluding hydrogens is 400 g/mol. The van der Waals surface area contributed by atoms with Crippen LogP contribution in [-0.4, -0.2) is 36.5 Å². The lowest BCUT2D eigenvalue weighted by Gasteiger charge is -2.16. The number of fused-ring (bicyclic) bond motifs is 1. The molecule has 0 saturated carbocycles. The number of sulfonamides is 1. The number of benzene rings is 2. The zero-order chi connectivity index (χ0) is 20.6. The molecule has 3 heterocycles. The highest BCUT2D eigenvalue weighted by atomic mass is 32.2. The zero-order valence-corrected chi connectivity index (χ0v) is 17.1. The van der Waals surface area contributed by atoms with Gasteiger partial charge < -0.3 is 9.51 Å². The van der Waals surface area contributed by atoms with Gasteiger partial charge in [0.25, 0.3) is 10.0 Å². The lowest BCUT2D eigenvalue weighted by molar-refractivity contribution is 0.328. The van der Waals surface area contributed by atoms with E-state index < -0.39 is 10.0 Å². The Kier molecular flexibility index (Phi) is 4.80. The summed E-state index contributed by atoms with van der Waals surface area (Å²) in [6.45, 7) is 2.86. The highest BCUT2D eigenvalue weighted by molar-refractivity contribution is 7.92. The Morgan fingerprint density at radius 1 is 1.20 bits per heavy atom. The lowest BCUT2D eigenvalue weighted by Crippen LogP contribution is -2.19. The van der Waals surface area contributed by atoms with Gasteiger partial charge in [0.15, 0.2) is 0 Å². The van der Waals surface area contributed by atoms with E-state index in [-0.39, 0.29) is 4.90 Å². The molecule has 8 heteroatoms. The highest BCUT2D eigenvalue weighted by Gasteiger charge is 2.25. The number of nitrogens with zero attached hydrogens (tertiary/aromatic N) is 2. The number of aromatic nitrogens is 2. The number of nitrogens with one attached hydrogen (secondary N) is 2. The Morgan fingerprint density at radius 2 is 2.10 bits per heavy atom. The minimum absolute atomic E-state index is 0.0127. The number of likely N-dealkylation sites (tertiary alicyclic amines) is 1. The van der Waals surface area contributed by atoms with E-state index >= 15 is 0 Å². The van der Waals surface area contributed by atoms with Crippen molar-refractivity contribution in [1.29, 1.82) is 0 Å². The van der Waals surface area contributed by atoms with Crippen molar-refractivity contribution < 1.29 is 12.9 Å². The van der Waals surface area contributed by atoms with Gasteiger partial charge in [-0.05, 0) is 48.2 Å². The van der Waals surface area contributed by atoms with Crippen LogP contribution in [0.4, 0.5) is 5.69 Å². The molecule has 0 aliphatic carbocycles. The number of anilines is 1. The number of hydrogen-bond donors (Lipinski definition) is 2. The fourth-order valence-corrected chi connectivity index (χ4v) is 5.06. The second kappa shape index (κ2) is 7.62. The molecule has 154 valence electrons. The predicted molar refractivity (Wildman–Crippen MR) is 115 cm³/mol. The Bertz CT molecular complexity index is 1260. The number of para-hydroxylation sites is 1. The molecule has 5 rings (SSSR count). The molecule has 1 saturated heterocycles. The number of H-pyrrole nitrogens is 1. The minimum atomic E-state index is -3.70. The summed E-state index contributed by atoms with van der Waals surface area (Å²) in [5.74, 6) is 0.371. The predicted octanol–water partition coefficient (Wildman–Crippen LogP) is 3.95. The van der Waals surface area contributed by atoms with Crippen molar-refractivity contribution >= 4 is 26.6 Å². The second-order valence-corrected chi connectivity index (χ2v) is 9.35. The number of rotatable bonds is 6. The fourth-order valence-electron chi connectivity index (χ4n) is 4.15. The molecule has 2 aromatic heterocycles. The Labute approximate surface area is 174 Å². The minimum Gasteiger partial charge on any atom is -0.363 e. The molecule has 2 aromatic carbocycles. The summed E-state index contributed by atoms with van der Waals surface area (Å²) >= 11 is 0. The third kappa shape index (κ3) is 3.71. The highest BCUT2D eigenvalue weighted by Crippen LogP contribution is 2.31. The van der Waals surface area contributed by atoms with E-state index in [1.807, 2.05) is 18.2 Å². The van der Waals surface area contributed by atoms with Crippen LogP contribution >= 0.6 is 0 Å². The molecule has 7 nitrogen and oxygen atoms in total. The van der Waals surface area contributed by atoms with Crippen LogP contribution in [0, 0.1) is 0 Å². The standard InChI is InChI=1S/C22H22N4O3S/c27-30(28,20-12-24-29-15-20)25-19-5-3-4-16(10-19)17-8-9-26(13-17)14-18-11-23-22-7-2-1-6-21(18)22/h1-7,10-12,15,17,23,25H,8-9,13-14H2.